The summed E-state index contributed by atoms with van der Waals surface area (Å²) in [6, 6.07) is 0.397. The number of anilines is 1. The number of nitrogens with one attached hydrogen (secondary N) is 1. The minimum Gasteiger partial charge on any atom is -0.363 e. The van der Waals surface area contributed by atoms with E-state index >= 15 is 0 Å². The van der Waals surface area contributed by atoms with Gasteiger partial charge in [-0.2, -0.15) is 11.8 Å². The maximum atomic E-state index is 12.3. The van der Waals surface area contributed by atoms with Crippen molar-refractivity contribution in [3.05, 3.63) is 22.7 Å². The van der Waals surface area contributed by atoms with Crippen molar-refractivity contribution in [2.75, 3.05) is 11.6 Å². The average molecular weight is 295 g/mol. The van der Waals surface area contributed by atoms with Crippen LogP contribution in [0.4, 0.5) is 5.82 Å². The van der Waals surface area contributed by atoms with Crippen LogP contribution in [0.3, 0.4) is 0 Å². The standard InChI is InChI=1S/C15H25N3OS/c1-11(2)10-18-9-8-16-14(15(18)19)17-12-4-6-13(20-3)7-5-12/h8-9,11-13H,4-7,10H2,1-3H3,(H,16,17). The molecular formula is C15H25N3OS. The summed E-state index contributed by atoms with van der Waals surface area (Å²) in [5, 5.41) is 4.14. The second-order valence-corrected chi connectivity index (χ2v) is 7.12. The highest BCUT2D eigenvalue weighted by atomic mass is 32.2. The maximum absolute atomic E-state index is 12.3. The first-order valence-corrected chi connectivity index (χ1v) is 8.73. The van der Waals surface area contributed by atoms with Gasteiger partial charge in [-0.25, -0.2) is 4.98 Å². The fourth-order valence-corrected chi connectivity index (χ4v) is 3.46. The lowest BCUT2D eigenvalue weighted by atomic mass is 9.95. The Bertz CT molecular complexity index is 478. The molecule has 0 unspecified atom stereocenters. The Labute approximate surface area is 125 Å². The Morgan fingerprint density at radius 2 is 2.10 bits per heavy atom. The summed E-state index contributed by atoms with van der Waals surface area (Å²) < 4.78 is 1.76. The molecule has 20 heavy (non-hydrogen) atoms. The second kappa shape index (κ2) is 7.16. The van der Waals surface area contributed by atoms with Crippen molar-refractivity contribution in [3.8, 4) is 0 Å². The van der Waals surface area contributed by atoms with E-state index in [1.54, 1.807) is 17.0 Å². The van der Waals surface area contributed by atoms with Gasteiger partial charge >= 0.3 is 0 Å². The Morgan fingerprint density at radius 3 is 2.70 bits per heavy atom. The first-order valence-electron chi connectivity index (χ1n) is 7.45. The van der Waals surface area contributed by atoms with E-state index in [-0.39, 0.29) is 5.56 Å². The summed E-state index contributed by atoms with van der Waals surface area (Å²) in [6.07, 6.45) is 10.4. The molecule has 1 heterocycles. The van der Waals surface area contributed by atoms with Gasteiger partial charge in [0.25, 0.3) is 5.56 Å². The van der Waals surface area contributed by atoms with E-state index in [1.807, 2.05) is 11.8 Å². The minimum absolute atomic E-state index is 0.00758. The SMILES string of the molecule is CSC1CCC(Nc2nccn(CC(C)C)c2=O)CC1. The molecule has 1 aromatic rings. The van der Waals surface area contributed by atoms with Crippen molar-refractivity contribution in [3.63, 3.8) is 0 Å². The molecule has 0 atom stereocenters. The Hall–Kier alpha value is -0.970. The topological polar surface area (TPSA) is 46.9 Å². The third-order valence-electron chi connectivity index (χ3n) is 3.82. The van der Waals surface area contributed by atoms with Crippen LogP contribution in [0, 0.1) is 5.92 Å². The fraction of sp³-hybridized carbons (Fsp3) is 0.733. The molecule has 0 aliphatic heterocycles. The van der Waals surface area contributed by atoms with Gasteiger partial charge in [0.05, 0.1) is 0 Å². The smallest absolute Gasteiger partial charge is 0.293 e. The Balaban J connectivity index is 2.01. The largest absolute Gasteiger partial charge is 0.363 e. The van der Waals surface area contributed by atoms with Gasteiger partial charge in [-0.05, 0) is 37.9 Å². The highest BCUT2D eigenvalue weighted by Gasteiger charge is 2.21. The fourth-order valence-electron chi connectivity index (χ4n) is 2.72. The van der Waals surface area contributed by atoms with E-state index in [9.17, 15) is 4.79 Å². The summed E-state index contributed by atoms with van der Waals surface area (Å²) in [5.74, 6) is 0.973. The highest BCUT2D eigenvalue weighted by molar-refractivity contribution is 7.99. The van der Waals surface area contributed by atoms with Crippen LogP contribution in [0.5, 0.6) is 0 Å². The van der Waals surface area contributed by atoms with Crippen LogP contribution in [0.1, 0.15) is 39.5 Å². The normalized spacial score (nSPS) is 23.0. The number of nitrogens with zero attached hydrogens (tertiary/aromatic N) is 2. The van der Waals surface area contributed by atoms with E-state index < -0.39 is 0 Å². The predicted octanol–water partition coefficient (Wildman–Crippen LogP) is 2.99. The van der Waals surface area contributed by atoms with Crippen molar-refractivity contribution in [1.29, 1.82) is 0 Å². The molecule has 1 aromatic heterocycles. The summed E-state index contributed by atoms with van der Waals surface area (Å²) in [4.78, 5) is 16.6. The maximum Gasteiger partial charge on any atom is 0.293 e. The molecule has 0 saturated heterocycles. The number of thioether (sulfide) groups is 1. The van der Waals surface area contributed by atoms with E-state index in [4.69, 9.17) is 0 Å². The molecule has 1 aliphatic rings. The zero-order valence-electron chi connectivity index (χ0n) is 12.6. The summed E-state index contributed by atoms with van der Waals surface area (Å²) >= 11 is 1.96. The van der Waals surface area contributed by atoms with Gasteiger partial charge in [0.2, 0.25) is 0 Å². The summed E-state index contributed by atoms with van der Waals surface area (Å²) in [5.41, 5.74) is 0.00758. The van der Waals surface area contributed by atoms with Crippen molar-refractivity contribution in [2.24, 2.45) is 5.92 Å². The lowest BCUT2D eigenvalue weighted by Crippen LogP contribution is -2.32. The molecule has 2 rings (SSSR count). The molecule has 0 bridgehead atoms. The molecule has 5 heteroatoms. The highest BCUT2D eigenvalue weighted by Crippen LogP contribution is 2.27. The molecule has 1 fully saturated rings. The number of rotatable bonds is 5. The minimum atomic E-state index is 0.00758. The van der Waals surface area contributed by atoms with Gasteiger partial charge in [-0.15, -0.1) is 0 Å². The molecule has 0 radical (unpaired) electrons. The lowest BCUT2D eigenvalue weighted by molar-refractivity contribution is 0.469. The van der Waals surface area contributed by atoms with Crippen LogP contribution in [0.25, 0.3) is 0 Å². The van der Waals surface area contributed by atoms with Crippen LogP contribution in [0.15, 0.2) is 17.2 Å². The lowest BCUT2D eigenvalue weighted by Gasteiger charge is -2.28. The van der Waals surface area contributed by atoms with E-state index in [0.717, 1.165) is 24.6 Å². The van der Waals surface area contributed by atoms with Gasteiger partial charge in [0.15, 0.2) is 5.82 Å². The summed E-state index contributed by atoms with van der Waals surface area (Å²) in [7, 11) is 0. The van der Waals surface area contributed by atoms with Crippen LogP contribution in [-0.4, -0.2) is 27.1 Å². The number of hydrogen-bond donors (Lipinski definition) is 1. The first kappa shape index (κ1) is 15.4. The van der Waals surface area contributed by atoms with Crippen molar-refractivity contribution < 1.29 is 0 Å². The third-order valence-corrected chi connectivity index (χ3v) is 4.96. The third kappa shape index (κ3) is 4.01. The van der Waals surface area contributed by atoms with Crippen LogP contribution >= 0.6 is 11.8 Å². The molecular weight excluding hydrogens is 270 g/mol. The average Bonchev–Trinajstić information content (AvgIpc) is 2.43. The van der Waals surface area contributed by atoms with Gasteiger partial charge in [0.1, 0.15) is 0 Å². The van der Waals surface area contributed by atoms with E-state index in [0.29, 0.717) is 17.8 Å². The van der Waals surface area contributed by atoms with Crippen LogP contribution in [0.2, 0.25) is 0 Å². The Kier molecular flexibility index (Phi) is 5.52. The second-order valence-electron chi connectivity index (χ2n) is 5.98. The zero-order valence-corrected chi connectivity index (χ0v) is 13.4. The van der Waals surface area contributed by atoms with E-state index in [1.165, 1.54) is 12.8 Å². The molecule has 0 aromatic carbocycles. The number of aromatic nitrogens is 2. The van der Waals surface area contributed by atoms with Crippen molar-refractivity contribution in [2.45, 2.75) is 57.4 Å². The van der Waals surface area contributed by atoms with Crippen LogP contribution in [-0.2, 0) is 6.54 Å². The van der Waals surface area contributed by atoms with Gasteiger partial charge in [0, 0.05) is 30.2 Å². The summed E-state index contributed by atoms with van der Waals surface area (Å²) in [6.45, 7) is 4.97. The quantitative estimate of drug-likeness (QED) is 0.907. The van der Waals surface area contributed by atoms with E-state index in [2.05, 4.69) is 30.4 Å². The van der Waals surface area contributed by atoms with Crippen LogP contribution < -0.4 is 10.9 Å². The first-order chi connectivity index (χ1) is 9.60. The molecule has 1 saturated carbocycles. The number of hydrogen-bond acceptors (Lipinski definition) is 4. The van der Waals surface area contributed by atoms with Gasteiger partial charge in [-0.1, -0.05) is 13.8 Å². The van der Waals surface area contributed by atoms with Crippen molar-refractivity contribution >= 4 is 17.6 Å². The van der Waals surface area contributed by atoms with Gasteiger partial charge in [-0.3, -0.25) is 4.79 Å². The van der Waals surface area contributed by atoms with Gasteiger partial charge < -0.3 is 9.88 Å². The molecule has 0 spiro atoms. The predicted molar refractivity (Wildman–Crippen MR) is 86.5 cm³/mol. The molecule has 4 nitrogen and oxygen atoms in total. The Morgan fingerprint density at radius 1 is 1.40 bits per heavy atom. The zero-order chi connectivity index (χ0) is 14.5. The molecule has 0 amide bonds. The molecule has 1 N–H and O–H groups in total. The van der Waals surface area contributed by atoms with Crippen molar-refractivity contribution in [1.82, 2.24) is 9.55 Å². The molecule has 112 valence electrons. The molecule has 1 aliphatic carbocycles. The monoisotopic (exact) mass is 295 g/mol.